The molecule has 0 spiro atoms. The minimum atomic E-state index is -3.73. The lowest BCUT2D eigenvalue weighted by Crippen LogP contribution is -2.40. The fourth-order valence-corrected chi connectivity index (χ4v) is 3.71. The van der Waals surface area contributed by atoms with Gasteiger partial charge in [-0.2, -0.15) is 4.98 Å². The molecule has 0 radical (unpaired) electrons. The summed E-state index contributed by atoms with van der Waals surface area (Å²) in [4.78, 5) is 17.2. The number of anilines is 1. The van der Waals surface area contributed by atoms with Gasteiger partial charge in [-0.15, -0.1) is 11.3 Å². The predicted octanol–water partition coefficient (Wildman–Crippen LogP) is 2.02. The minimum Gasteiger partial charge on any atom is -0.345 e. The minimum absolute atomic E-state index is 0.0434. The van der Waals surface area contributed by atoms with Crippen molar-refractivity contribution in [1.29, 1.82) is 0 Å². The molecule has 0 aliphatic rings. The summed E-state index contributed by atoms with van der Waals surface area (Å²) in [5.41, 5.74) is 0.187. The summed E-state index contributed by atoms with van der Waals surface area (Å²) in [7, 11) is -3.73. The molecule has 8 nitrogen and oxygen atoms in total. The number of thiophene rings is 1. The Balaban J connectivity index is 1.64. The molecule has 0 aliphatic heterocycles. The van der Waals surface area contributed by atoms with E-state index in [1.165, 1.54) is 23.5 Å². The summed E-state index contributed by atoms with van der Waals surface area (Å²) in [6.07, 6.45) is 0.967. The number of nitrogens with one attached hydrogen (secondary N) is 1. The van der Waals surface area contributed by atoms with Crippen LogP contribution in [0, 0.1) is 5.82 Å². The summed E-state index contributed by atoms with van der Waals surface area (Å²) in [5.74, 6) is -0.465. The molecule has 27 heavy (non-hydrogen) atoms. The third kappa shape index (κ3) is 4.89. The summed E-state index contributed by atoms with van der Waals surface area (Å²) in [6.45, 7) is -0.505. The maximum Gasteiger partial charge on any atom is 0.246 e. The van der Waals surface area contributed by atoms with Crippen LogP contribution in [0.3, 0.4) is 0 Å². The SMILES string of the molecule is CS(=O)(=O)N(CC(=O)NCc1nc(-c2cccs2)no1)c1ccc(F)cc1. The molecule has 0 unspecified atom stereocenters. The third-order valence-electron chi connectivity index (χ3n) is 3.45. The number of halogens is 1. The van der Waals surface area contributed by atoms with Crippen LogP contribution in [0.2, 0.25) is 0 Å². The molecular weight excluding hydrogens is 395 g/mol. The Kier molecular flexibility index (Phi) is 5.51. The lowest BCUT2D eigenvalue weighted by atomic mass is 10.3. The molecule has 0 saturated carbocycles. The van der Waals surface area contributed by atoms with Gasteiger partial charge in [0.05, 0.1) is 23.4 Å². The van der Waals surface area contributed by atoms with Crippen molar-refractivity contribution >= 4 is 33.0 Å². The van der Waals surface area contributed by atoms with Crippen LogP contribution in [0.15, 0.2) is 46.3 Å². The average molecular weight is 410 g/mol. The van der Waals surface area contributed by atoms with E-state index in [9.17, 15) is 17.6 Å². The summed E-state index contributed by atoms with van der Waals surface area (Å²) in [6, 6.07) is 8.51. The molecular formula is C16H15FN4O4S2. The van der Waals surface area contributed by atoms with Crippen LogP contribution in [0.25, 0.3) is 10.7 Å². The number of hydrogen-bond acceptors (Lipinski definition) is 7. The van der Waals surface area contributed by atoms with Crippen molar-refractivity contribution in [3.63, 3.8) is 0 Å². The molecule has 1 amide bonds. The van der Waals surface area contributed by atoms with Crippen LogP contribution < -0.4 is 9.62 Å². The zero-order chi connectivity index (χ0) is 19.4. The van der Waals surface area contributed by atoms with Gasteiger partial charge in [0, 0.05) is 0 Å². The number of aromatic nitrogens is 2. The second-order valence-corrected chi connectivity index (χ2v) is 8.37. The highest BCUT2D eigenvalue weighted by Gasteiger charge is 2.21. The number of benzene rings is 1. The van der Waals surface area contributed by atoms with E-state index in [-0.39, 0.29) is 18.1 Å². The van der Waals surface area contributed by atoms with Crippen LogP contribution in [0.1, 0.15) is 5.89 Å². The van der Waals surface area contributed by atoms with Crippen molar-refractivity contribution in [2.45, 2.75) is 6.54 Å². The Bertz CT molecular complexity index is 1020. The Hall–Kier alpha value is -2.79. The van der Waals surface area contributed by atoms with Crippen LogP contribution in [0.4, 0.5) is 10.1 Å². The van der Waals surface area contributed by atoms with Gasteiger partial charge in [0.1, 0.15) is 12.4 Å². The molecule has 0 fully saturated rings. The van der Waals surface area contributed by atoms with E-state index >= 15 is 0 Å². The first-order valence-electron chi connectivity index (χ1n) is 7.69. The Labute approximate surface area is 158 Å². The van der Waals surface area contributed by atoms with Gasteiger partial charge in [0.2, 0.25) is 27.6 Å². The summed E-state index contributed by atoms with van der Waals surface area (Å²) < 4.78 is 42.9. The highest BCUT2D eigenvalue weighted by atomic mass is 32.2. The first-order valence-corrected chi connectivity index (χ1v) is 10.4. The monoisotopic (exact) mass is 410 g/mol. The maximum atomic E-state index is 13.1. The Morgan fingerprint density at radius 2 is 2.04 bits per heavy atom. The highest BCUT2D eigenvalue weighted by Crippen LogP contribution is 2.21. The second kappa shape index (κ2) is 7.84. The average Bonchev–Trinajstić information content (AvgIpc) is 3.29. The molecule has 1 N–H and O–H groups in total. The number of rotatable bonds is 7. The molecule has 3 rings (SSSR count). The maximum absolute atomic E-state index is 13.1. The molecule has 0 aliphatic carbocycles. The van der Waals surface area contributed by atoms with Gasteiger partial charge >= 0.3 is 0 Å². The van der Waals surface area contributed by atoms with E-state index in [1.54, 1.807) is 0 Å². The quantitative estimate of drug-likeness (QED) is 0.639. The van der Waals surface area contributed by atoms with Crippen molar-refractivity contribution in [3.05, 3.63) is 53.5 Å². The Morgan fingerprint density at radius 3 is 2.67 bits per heavy atom. The molecule has 0 atom stereocenters. The molecule has 2 aromatic heterocycles. The van der Waals surface area contributed by atoms with Crippen molar-refractivity contribution in [3.8, 4) is 10.7 Å². The largest absolute Gasteiger partial charge is 0.345 e. The standard InChI is InChI=1S/C16H15FN4O4S2/c1-27(23,24)21(12-6-4-11(17)5-7-12)10-14(22)18-9-15-19-16(20-25-15)13-3-2-8-26-13/h2-8H,9-10H2,1H3,(H,18,22). The third-order valence-corrected chi connectivity index (χ3v) is 5.45. The fourth-order valence-electron chi connectivity index (χ4n) is 2.20. The molecule has 2 heterocycles. The molecule has 3 aromatic rings. The van der Waals surface area contributed by atoms with E-state index < -0.39 is 28.3 Å². The van der Waals surface area contributed by atoms with Gasteiger partial charge in [-0.25, -0.2) is 12.8 Å². The zero-order valence-corrected chi connectivity index (χ0v) is 15.8. The first-order chi connectivity index (χ1) is 12.8. The van der Waals surface area contributed by atoms with Crippen molar-refractivity contribution in [2.24, 2.45) is 0 Å². The molecule has 142 valence electrons. The van der Waals surface area contributed by atoms with E-state index in [4.69, 9.17) is 4.52 Å². The number of nitrogens with zero attached hydrogens (tertiary/aromatic N) is 3. The lowest BCUT2D eigenvalue weighted by Gasteiger charge is -2.21. The number of carbonyl (C=O) groups is 1. The van der Waals surface area contributed by atoms with Gasteiger partial charge < -0.3 is 9.84 Å². The zero-order valence-electron chi connectivity index (χ0n) is 14.1. The van der Waals surface area contributed by atoms with Gasteiger partial charge in [0.25, 0.3) is 0 Å². The van der Waals surface area contributed by atoms with Crippen LogP contribution in [-0.4, -0.2) is 37.3 Å². The van der Waals surface area contributed by atoms with E-state index in [0.29, 0.717) is 5.82 Å². The second-order valence-electron chi connectivity index (χ2n) is 5.51. The summed E-state index contributed by atoms with van der Waals surface area (Å²) >= 11 is 1.45. The number of carbonyl (C=O) groups excluding carboxylic acids is 1. The highest BCUT2D eigenvalue weighted by molar-refractivity contribution is 7.92. The number of sulfonamides is 1. The summed E-state index contributed by atoms with van der Waals surface area (Å²) in [5, 5.41) is 8.23. The molecule has 11 heteroatoms. The normalized spacial score (nSPS) is 11.3. The lowest BCUT2D eigenvalue weighted by molar-refractivity contribution is -0.119. The van der Waals surface area contributed by atoms with Gasteiger partial charge in [-0.05, 0) is 35.7 Å². The molecule has 1 aromatic carbocycles. The van der Waals surface area contributed by atoms with Gasteiger partial charge in [-0.3, -0.25) is 9.10 Å². The van der Waals surface area contributed by atoms with E-state index in [2.05, 4.69) is 15.5 Å². The van der Waals surface area contributed by atoms with Crippen LogP contribution in [-0.2, 0) is 21.4 Å². The topological polar surface area (TPSA) is 105 Å². The number of hydrogen-bond donors (Lipinski definition) is 1. The molecule has 0 bridgehead atoms. The van der Waals surface area contributed by atoms with E-state index in [0.717, 1.165) is 27.6 Å². The van der Waals surface area contributed by atoms with Gasteiger partial charge in [0.15, 0.2) is 0 Å². The van der Waals surface area contributed by atoms with Crippen LogP contribution >= 0.6 is 11.3 Å². The Morgan fingerprint density at radius 1 is 1.30 bits per heavy atom. The predicted molar refractivity (Wildman–Crippen MR) is 98.0 cm³/mol. The van der Waals surface area contributed by atoms with Crippen LogP contribution in [0.5, 0.6) is 0 Å². The molecule has 0 saturated heterocycles. The van der Waals surface area contributed by atoms with Crippen molar-refractivity contribution in [2.75, 3.05) is 17.1 Å². The van der Waals surface area contributed by atoms with E-state index in [1.807, 2.05) is 17.5 Å². The van der Waals surface area contributed by atoms with Gasteiger partial charge in [-0.1, -0.05) is 11.2 Å². The van der Waals surface area contributed by atoms with Crippen molar-refractivity contribution in [1.82, 2.24) is 15.5 Å². The smallest absolute Gasteiger partial charge is 0.246 e. The fraction of sp³-hybridized carbons (Fsp3) is 0.188. The number of amides is 1. The first kappa shape index (κ1) is 19.0. The van der Waals surface area contributed by atoms with Crippen molar-refractivity contribution < 1.29 is 22.1 Å².